The number of halogens is 23. The van der Waals surface area contributed by atoms with E-state index in [-0.39, 0.29) is 37.5 Å². The van der Waals surface area contributed by atoms with Crippen LogP contribution in [0.25, 0.3) is 0 Å². The van der Waals surface area contributed by atoms with Crippen molar-refractivity contribution in [2.75, 3.05) is 0 Å². The first-order valence-electron chi connectivity index (χ1n) is 14.6. The highest BCUT2D eigenvalue weighted by atomic mass is 19.4. The second-order valence-electron chi connectivity index (χ2n) is 12.8. The summed E-state index contributed by atoms with van der Waals surface area (Å²) in [6.45, 7) is 1.98. The van der Waals surface area contributed by atoms with E-state index in [1.807, 2.05) is 6.92 Å². The quantitative estimate of drug-likeness (QED) is 0.163. The van der Waals surface area contributed by atoms with Gasteiger partial charge < -0.3 is 0 Å². The van der Waals surface area contributed by atoms with Gasteiger partial charge in [0.25, 0.3) is 0 Å². The van der Waals surface area contributed by atoms with Crippen LogP contribution in [0.1, 0.15) is 75.3 Å². The summed E-state index contributed by atoms with van der Waals surface area (Å²) in [5.41, 5.74) is -5.96. The molecule has 2 aliphatic carbocycles. The molecule has 23 heteroatoms. The summed E-state index contributed by atoms with van der Waals surface area (Å²) >= 11 is 0. The van der Waals surface area contributed by atoms with Crippen LogP contribution in [-0.4, -0.2) is 47.6 Å². The Morgan fingerprint density at radius 3 is 1.00 bits per heavy atom. The second kappa shape index (κ2) is 12.9. The minimum atomic E-state index is -9.27. The van der Waals surface area contributed by atoms with Crippen molar-refractivity contribution in [1.29, 1.82) is 0 Å². The molecule has 0 spiro atoms. The van der Waals surface area contributed by atoms with Crippen LogP contribution < -0.4 is 0 Å². The molecule has 0 N–H and O–H groups in total. The predicted octanol–water partition coefficient (Wildman–Crippen LogP) is 12.4. The molecule has 0 aliphatic heterocycles. The van der Waals surface area contributed by atoms with Crippen molar-refractivity contribution in [2.24, 2.45) is 17.8 Å². The first-order chi connectivity index (χ1) is 22.6. The third kappa shape index (κ3) is 6.08. The molecule has 296 valence electrons. The Bertz CT molecular complexity index is 1400. The summed E-state index contributed by atoms with van der Waals surface area (Å²) in [5.74, 6) is -85.4. The van der Waals surface area contributed by atoms with Crippen molar-refractivity contribution < 1.29 is 101 Å². The zero-order valence-electron chi connectivity index (χ0n) is 25.2. The number of benzene rings is 1. The Hall–Kier alpha value is -2.39. The topological polar surface area (TPSA) is 0 Å². The van der Waals surface area contributed by atoms with E-state index < -0.39 is 93.9 Å². The van der Waals surface area contributed by atoms with Crippen molar-refractivity contribution >= 4 is 0 Å². The first kappa shape index (κ1) is 43.0. The molecule has 0 atom stereocenters. The molecule has 2 saturated carbocycles. The van der Waals surface area contributed by atoms with Gasteiger partial charge in [-0.1, -0.05) is 19.8 Å². The molecule has 0 radical (unpaired) electrons. The van der Waals surface area contributed by atoms with Crippen molar-refractivity contribution in [3.8, 4) is 0 Å². The minimum Gasteiger partial charge on any atom is -0.203 e. The van der Waals surface area contributed by atoms with Crippen LogP contribution in [0, 0.1) is 41.0 Å². The maximum absolute atomic E-state index is 15.0. The Balaban J connectivity index is 2.06. The van der Waals surface area contributed by atoms with E-state index in [1.165, 1.54) is 0 Å². The van der Waals surface area contributed by atoms with Crippen LogP contribution in [0.5, 0.6) is 0 Å². The van der Waals surface area contributed by atoms with Crippen LogP contribution in [0.4, 0.5) is 101 Å². The van der Waals surface area contributed by atoms with E-state index >= 15 is 0 Å². The molecular formula is C28H23F23. The maximum atomic E-state index is 15.0. The predicted molar refractivity (Wildman–Crippen MR) is 127 cm³/mol. The lowest BCUT2D eigenvalue weighted by Gasteiger charge is -2.43. The molecule has 1 aromatic carbocycles. The molecule has 0 bridgehead atoms. The molecule has 2 fully saturated rings. The standard InChI is InChI=1S/C28H23F23/c1-10-2-4-11(5-3-10)12-6-8-13(9-7-12)14-16(29)18(31)15(19(32)17(14)30)20(33,34)21(35,36)22(37,38)23(39,40)24(41,42)25(43,44)26(45,46)27(47,48)28(49,50)51/h10-13H,2-9H2,1H3/t10-,11-,12-,13-. The highest BCUT2D eigenvalue weighted by Gasteiger charge is 2.97. The van der Waals surface area contributed by atoms with Crippen molar-refractivity contribution in [3.63, 3.8) is 0 Å². The average Bonchev–Trinajstić information content (AvgIpc) is 2.99. The third-order valence-corrected chi connectivity index (χ3v) is 9.63. The minimum absolute atomic E-state index is 0.0918. The average molecular weight is 796 g/mol. The van der Waals surface area contributed by atoms with Gasteiger partial charge in [0.05, 0.1) is 0 Å². The van der Waals surface area contributed by atoms with Gasteiger partial charge in [-0.25, -0.2) is 17.6 Å². The van der Waals surface area contributed by atoms with Crippen LogP contribution in [0.2, 0.25) is 0 Å². The highest BCUT2D eigenvalue weighted by Crippen LogP contribution is 2.66. The van der Waals surface area contributed by atoms with E-state index in [2.05, 4.69) is 0 Å². The lowest BCUT2D eigenvalue weighted by atomic mass is 9.68. The SMILES string of the molecule is C[C@H]1CC[C@H]([C@H]2CC[C@H](c3c(F)c(F)c(C(F)(F)C(F)(F)C(F)(F)C(F)(F)C(F)(F)C(F)(F)C(F)(F)C(F)(F)C(F)(F)F)c(F)c3F)CC2)CC1. The second-order valence-corrected chi connectivity index (χ2v) is 12.8. The van der Waals surface area contributed by atoms with Gasteiger partial charge in [-0.3, -0.25) is 0 Å². The Kier molecular flexibility index (Phi) is 10.9. The van der Waals surface area contributed by atoms with Crippen molar-refractivity contribution in [3.05, 3.63) is 34.4 Å². The third-order valence-electron chi connectivity index (χ3n) is 9.63. The summed E-state index contributed by atoms with van der Waals surface area (Å²) in [7, 11) is 0. The lowest BCUT2D eigenvalue weighted by Crippen LogP contribution is -2.75. The smallest absolute Gasteiger partial charge is 0.203 e. The number of hydrogen-bond acceptors (Lipinski definition) is 0. The Morgan fingerprint density at radius 1 is 0.373 bits per heavy atom. The normalized spacial score (nSPS) is 24.2. The van der Waals surface area contributed by atoms with Crippen molar-refractivity contribution in [1.82, 2.24) is 0 Å². The molecule has 51 heavy (non-hydrogen) atoms. The molecule has 0 aromatic heterocycles. The van der Waals surface area contributed by atoms with Gasteiger partial charge in [0.2, 0.25) is 0 Å². The zero-order valence-corrected chi connectivity index (χ0v) is 25.2. The van der Waals surface area contributed by atoms with Crippen LogP contribution in [0.15, 0.2) is 0 Å². The molecule has 2 aliphatic rings. The van der Waals surface area contributed by atoms with Gasteiger partial charge in [-0.05, 0) is 62.2 Å². The molecule has 0 saturated heterocycles. The molecular weight excluding hydrogens is 773 g/mol. The summed E-state index contributed by atoms with van der Waals surface area (Å²) in [6.07, 6.45) is -5.31. The van der Waals surface area contributed by atoms with E-state index in [0.29, 0.717) is 5.92 Å². The summed E-state index contributed by atoms with van der Waals surface area (Å²) in [5, 5.41) is 0. The maximum Gasteiger partial charge on any atom is 0.460 e. The van der Waals surface area contributed by atoms with E-state index in [1.54, 1.807) is 0 Å². The fourth-order valence-corrected chi connectivity index (χ4v) is 6.44. The van der Waals surface area contributed by atoms with E-state index in [4.69, 9.17) is 0 Å². The number of hydrogen-bond donors (Lipinski definition) is 0. The van der Waals surface area contributed by atoms with Crippen LogP contribution in [-0.2, 0) is 5.92 Å². The molecule has 3 rings (SSSR count). The van der Waals surface area contributed by atoms with Gasteiger partial charge >= 0.3 is 53.6 Å². The lowest BCUT2D eigenvalue weighted by molar-refractivity contribution is -0.469. The molecule has 0 heterocycles. The molecule has 1 aromatic rings. The Morgan fingerprint density at radius 2 is 0.667 bits per heavy atom. The first-order valence-corrected chi connectivity index (χ1v) is 14.6. The summed E-state index contributed by atoms with van der Waals surface area (Å²) in [4.78, 5) is 0. The fraction of sp³-hybridized carbons (Fsp3) is 0.786. The van der Waals surface area contributed by atoms with Gasteiger partial charge in [0, 0.05) is 5.56 Å². The van der Waals surface area contributed by atoms with Gasteiger partial charge in [-0.2, -0.15) is 83.4 Å². The van der Waals surface area contributed by atoms with Crippen LogP contribution >= 0.6 is 0 Å². The molecule has 0 unspecified atom stereocenters. The van der Waals surface area contributed by atoms with Gasteiger partial charge in [0.15, 0.2) is 23.3 Å². The molecule has 0 amide bonds. The van der Waals surface area contributed by atoms with Crippen molar-refractivity contribution in [2.45, 2.75) is 118 Å². The van der Waals surface area contributed by atoms with Crippen LogP contribution in [0.3, 0.4) is 0 Å². The summed E-state index contributed by atoms with van der Waals surface area (Å²) in [6, 6.07) is 0. The van der Waals surface area contributed by atoms with Gasteiger partial charge in [0.1, 0.15) is 5.56 Å². The van der Waals surface area contributed by atoms with E-state index in [0.717, 1.165) is 25.7 Å². The zero-order chi connectivity index (χ0) is 39.9. The number of rotatable bonds is 10. The van der Waals surface area contributed by atoms with E-state index in [9.17, 15) is 101 Å². The molecule has 0 nitrogen and oxygen atoms in total. The highest BCUT2D eigenvalue weighted by molar-refractivity contribution is 5.37. The largest absolute Gasteiger partial charge is 0.460 e. The Labute approximate surface area is 271 Å². The monoisotopic (exact) mass is 796 g/mol. The fourth-order valence-electron chi connectivity index (χ4n) is 6.44. The summed E-state index contributed by atoms with van der Waals surface area (Å²) < 4.78 is 319. The number of alkyl halides is 19. The van der Waals surface area contributed by atoms with Gasteiger partial charge in [-0.15, -0.1) is 0 Å².